The van der Waals surface area contributed by atoms with E-state index < -0.39 is 0 Å². The summed E-state index contributed by atoms with van der Waals surface area (Å²) in [6.07, 6.45) is 2.40. The molecule has 66 valence electrons. The first-order chi connectivity index (χ1) is 5.69. The Morgan fingerprint density at radius 1 is 1.42 bits per heavy atom. The smallest absolute Gasteiger partial charge is 0.138 e. The van der Waals surface area contributed by atoms with E-state index in [9.17, 15) is 0 Å². The lowest BCUT2D eigenvalue weighted by atomic mass is 10.0. The molecule has 0 unspecified atom stereocenters. The molecule has 0 spiro atoms. The maximum Gasteiger partial charge on any atom is 0.138 e. The van der Waals surface area contributed by atoms with Gasteiger partial charge >= 0.3 is 0 Å². The number of hydrogen-bond donors (Lipinski definition) is 1. The summed E-state index contributed by atoms with van der Waals surface area (Å²) in [5.74, 6) is 0.958. The zero-order valence-electron chi connectivity index (χ0n) is 7.77. The molecule has 0 radical (unpaired) electrons. The van der Waals surface area contributed by atoms with E-state index in [4.69, 9.17) is 4.52 Å². The van der Waals surface area contributed by atoms with Gasteiger partial charge in [0, 0.05) is 11.1 Å². The molecule has 1 saturated carbocycles. The first-order valence-electron chi connectivity index (χ1n) is 4.32. The summed E-state index contributed by atoms with van der Waals surface area (Å²) in [7, 11) is 2.00. The van der Waals surface area contributed by atoms with E-state index in [0.29, 0.717) is 0 Å². The molecule has 2 rings (SSSR count). The molecular formula is C9H14N2O. The van der Waals surface area contributed by atoms with Crippen LogP contribution in [-0.4, -0.2) is 12.2 Å². The maximum atomic E-state index is 5.13. The third-order valence-corrected chi connectivity index (χ3v) is 2.74. The molecule has 0 amide bonds. The van der Waals surface area contributed by atoms with Crippen LogP contribution in [0, 0.1) is 13.8 Å². The lowest BCUT2D eigenvalue weighted by molar-refractivity contribution is 0.390. The van der Waals surface area contributed by atoms with E-state index in [-0.39, 0.29) is 5.54 Å². The Kier molecular flexibility index (Phi) is 1.51. The molecule has 3 nitrogen and oxygen atoms in total. The zero-order valence-corrected chi connectivity index (χ0v) is 7.77. The van der Waals surface area contributed by atoms with E-state index in [0.717, 1.165) is 11.5 Å². The Morgan fingerprint density at radius 3 is 2.42 bits per heavy atom. The van der Waals surface area contributed by atoms with Gasteiger partial charge in [0.15, 0.2) is 0 Å². The minimum atomic E-state index is 0.189. The van der Waals surface area contributed by atoms with Crippen LogP contribution in [0.1, 0.15) is 29.9 Å². The van der Waals surface area contributed by atoms with Crippen LogP contribution >= 0.6 is 0 Å². The Hall–Kier alpha value is -0.830. The van der Waals surface area contributed by atoms with Crippen molar-refractivity contribution >= 4 is 0 Å². The van der Waals surface area contributed by atoms with Gasteiger partial charge < -0.3 is 9.84 Å². The van der Waals surface area contributed by atoms with Crippen molar-refractivity contribution < 1.29 is 4.52 Å². The molecule has 1 N–H and O–H groups in total. The molecule has 12 heavy (non-hydrogen) atoms. The van der Waals surface area contributed by atoms with Crippen molar-refractivity contribution in [3.8, 4) is 0 Å². The highest BCUT2D eigenvalue weighted by Crippen LogP contribution is 2.47. The standard InChI is InChI=1S/C9H14N2O/c1-6-8(7(2)12-11-6)9(10-3)4-5-9/h10H,4-5H2,1-3H3. The normalized spacial score (nSPS) is 19.6. The van der Waals surface area contributed by atoms with Crippen LogP contribution in [0.15, 0.2) is 4.52 Å². The molecule has 1 aromatic heterocycles. The van der Waals surface area contributed by atoms with Crippen molar-refractivity contribution in [1.82, 2.24) is 10.5 Å². The Morgan fingerprint density at radius 2 is 2.08 bits per heavy atom. The van der Waals surface area contributed by atoms with Crippen molar-refractivity contribution in [3.05, 3.63) is 17.0 Å². The number of hydrogen-bond acceptors (Lipinski definition) is 3. The minimum Gasteiger partial charge on any atom is -0.361 e. The largest absolute Gasteiger partial charge is 0.361 e. The molecule has 1 aliphatic rings. The predicted molar refractivity (Wildman–Crippen MR) is 45.9 cm³/mol. The van der Waals surface area contributed by atoms with Crippen LogP contribution < -0.4 is 5.32 Å². The SMILES string of the molecule is CNC1(c2c(C)noc2C)CC1. The van der Waals surface area contributed by atoms with Crippen LogP contribution in [0.25, 0.3) is 0 Å². The summed E-state index contributed by atoms with van der Waals surface area (Å²) in [5.41, 5.74) is 2.48. The minimum absolute atomic E-state index is 0.189. The van der Waals surface area contributed by atoms with E-state index in [2.05, 4.69) is 10.5 Å². The molecule has 3 heteroatoms. The Bertz CT molecular complexity index is 280. The lowest BCUT2D eigenvalue weighted by Gasteiger charge is -2.12. The first-order valence-corrected chi connectivity index (χ1v) is 4.32. The number of nitrogens with one attached hydrogen (secondary N) is 1. The van der Waals surface area contributed by atoms with Crippen molar-refractivity contribution in [2.75, 3.05) is 7.05 Å². The van der Waals surface area contributed by atoms with Crippen LogP contribution in [0.2, 0.25) is 0 Å². The fourth-order valence-corrected chi connectivity index (χ4v) is 1.92. The van der Waals surface area contributed by atoms with E-state index in [1.807, 2.05) is 20.9 Å². The summed E-state index contributed by atoms with van der Waals surface area (Å²) in [6.45, 7) is 3.98. The molecule has 0 atom stereocenters. The number of aromatic nitrogens is 1. The zero-order chi connectivity index (χ0) is 8.77. The average molecular weight is 166 g/mol. The highest BCUT2D eigenvalue weighted by Gasteiger charge is 2.46. The average Bonchev–Trinajstić information content (AvgIpc) is 2.77. The Balaban J connectivity index is 2.45. The van der Waals surface area contributed by atoms with Gasteiger partial charge in [-0.25, -0.2) is 0 Å². The van der Waals surface area contributed by atoms with Gasteiger partial charge in [-0.15, -0.1) is 0 Å². The van der Waals surface area contributed by atoms with Gasteiger partial charge in [0.1, 0.15) is 5.76 Å². The first kappa shape index (κ1) is 7.80. The number of aryl methyl sites for hydroxylation is 2. The summed E-state index contributed by atoms with van der Waals surface area (Å²) in [4.78, 5) is 0. The van der Waals surface area contributed by atoms with Crippen molar-refractivity contribution in [2.45, 2.75) is 32.2 Å². The summed E-state index contributed by atoms with van der Waals surface area (Å²) in [6, 6.07) is 0. The van der Waals surface area contributed by atoms with Crippen molar-refractivity contribution in [3.63, 3.8) is 0 Å². The number of rotatable bonds is 2. The van der Waals surface area contributed by atoms with E-state index >= 15 is 0 Å². The van der Waals surface area contributed by atoms with Crippen LogP contribution in [-0.2, 0) is 5.54 Å². The molecular weight excluding hydrogens is 152 g/mol. The number of nitrogens with zero attached hydrogens (tertiary/aromatic N) is 1. The monoisotopic (exact) mass is 166 g/mol. The van der Waals surface area contributed by atoms with Crippen LogP contribution in [0.5, 0.6) is 0 Å². The van der Waals surface area contributed by atoms with E-state index in [1.165, 1.54) is 18.4 Å². The molecule has 0 bridgehead atoms. The van der Waals surface area contributed by atoms with Gasteiger partial charge in [-0.3, -0.25) is 0 Å². The Labute approximate surface area is 72.1 Å². The van der Waals surface area contributed by atoms with Gasteiger partial charge in [0.05, 0.1) is 5.69 Å². The highest BCUT2D eigenvalue weighted by molar-refractivity contribution is 5.35. The molecule has 1 aromatic rings. The molecule has 0 saturated heterocycles. The van der Waals surface area contributed by atoms with Crippen LogP contribution in [0.4, 0.5) is 0 Å². The molecule has 1 aliphatic carbocycles. The van der Waals surface area contributed by atoms with Gasteiger partial charge in [-0.1, -0.05) is 5.16 Å². The van der Waals surface area contributed by atoms with Crippen molar-refractivity contribution in [1.29, 1.82) is 0 Å². The van der Waals surface area contributed by atoms with Crippen molar-refractivity contribution in [2.24, 2.45) is 0 Å². The second kappa shape index (κ2) is 2.33. The second-order valence-corrected chi connectivity index (χ2v) is 3.53. The topological polar surface area (TPSA) is 38.1 Å². The predicted octanol–water partition coefficient (Wildman–Crippen LogP) is 1.50. The van der Waals surface area contributed by atoms with Gasteiger partial charge in [-0.2, -0.15) is 0 Å². The summed E-state index contributed by atoms with van der Waals surface area (Å²) in [5, 5.41) is 7.29. The summed E-state index contributed by atoms with van der Waals surface area (Å²) >= 11 is 0. The summed E-state index contributed by atoms with van der Waals surface area (Å²) < 4.78 is 5.13. The quantitative estimate of drug-likeness (QED) is 0.723. The lowest BCUT2D eigenvalue weighted by Crippen LogP contribution is -2.25. The third kappa shape index (κ3) is 0.894. The fourth-order valence-electron chi connectivity index (χ4n) is 1.92. The fraction of sp³-hybridized carbons (Fsp3) is 0.667. The second-order valence-electron chi connectivity index (χ2n) is 3.53. The van der Waals surface area contributed by atoms with E-state index in [1.54, 1.807) is 0 Å². The van der Waals surface area contributed by atoms with Gasteiger partial charge in [-0.05, 0) is 33.7 Å². The molecule has 0 aliphatic heterocycles. The molecule has 1 heterocycles. The van der Waals surface area contributed by atoms with Gasteiger partial charge in [0.2, 0.25) is 0 Å². The molecule has 1 fully saturated rings. The maximum absolute atomic E-state index is 5.13. The third-order valence-electron chi connectivity index (χ3n) is 2.74. The van der Waals surface area contributed by atoms with Gasteiger partial charge in [0.25, 0.3) is 0 Å². The molecule has 0 aromatic carbocycles. The highest BCUT2D eigenvalue weighted by atomic mass is 16.5. The van der Waals surface area contributed by atoms with Crippen LogP contribution in [0.3, 0.4) is 0 Å².